The maximum atomic E-state index is 15.6. The number of hydrogen-bond acceptors (Lipinski definition) is 4. The number of nitrogens with zero attached hydrogens (tertiary/aromatic N) is 4. The number of nitrogens with one attached hydrogen (secondary N) is 1. The molecule has 0 aliphatic carbocycles. The predicted octanol–water partition coefficient (Wildman–Crippen LogP) is 6.73. The molecule has 206 valence electrons. The van der Waals surface area contributed by atoms with E-state index < -0.39 is 11.8 Å². The highest BCUT2D eigenvalue weighted by molar-refractivity contribution is 6.07. The number of anilines is 1. The van der Waals surface area contributed by atoms with Crippen molar-refractivity contribution in [2.75, 3.05) is 19.0 Å². The number of carbonyl (C=O) groups is 1. The molecule has 2 heterocycles. The number of carboxylic acid groups (broad SMARTS) is 1. The van der Waals surface area contributed by atoms with Crippen molar-refractivity contribution in [2.24, 2.45) is 4.99 Å². The topological polar surface area (TPSA) is 84.8 Å². The van der Waals surface area contributed by atoms with Crippen LogP contribution in [0, 0.1) is 5.82 Å². The molecule has 0 unspecified atom stereocenters. The smallest absolute Gasteiger partial charge is 0.337 e. The lowest BCUT2D eigenvalue weighted by Crippen LogP contribution is -2.23. The molecule has 7 nitrogen and oxygen atoms in total. The normalized spacial score (nSPS) is 11.4. The number of aromatic nitrogens is 2. The lowest BCUT2D eigenvalue weighted by molar-refractivity contribution is 0.0698. The van der Waals surface area contributed by atoms with Gasteiger partial charge in [-0.15, -0.1) is 0 Å². The standard InChI is InChI=1S/C33H30FN5O2/c1-4-38(3)31(35-2)24-15-16-25(28(34)17-24)29-18-26-27(33(40)41)19-36-32(30(26)37-29)39(20-22-11-7-5-8-12-22)21-23-13-9-6-10-14-23/h4-19,37H,1,20-21H2,2-3H3,(H,40,41). The number of amidine groups is 1. The minimum absolute atomic E-state index is 0.0376. The quantitative estimate of drug-likeness (QED) is 0.158. The minimum atomic E-state index is -1.11. The van der Waals surface area contributed by atoms with Gasteiger partial charge in [-0.3, -0.25) is 4.99 Å². The zero-order valence-electron chi connectivity index (χ0n) is 22.9. The van der Waals surface area contributed by atoms with Crippen LogP contribution in [0.5, 0.6) is 0 Å². The van der Waals surface area contributed by atoms with Gasteiger partial charge in [0.15, 0.2) is 5.82 Å². The highest BCUT2D eigenvalue weighted by Gasteiger charge is 2.22. The Labute approximate surface area is 237 Å². The van der Waals surface area contributed by atoms with Crippen LogP contribution in [0.2, 0.25) is 0 Å². The highest BCUT2D eigenvalue weighted by Crippen LogP contribution is 2.34. The van der Waals surface area contributed by atoms with Gasteiger partial charge in [-0.05, 0) is 35.5 Å². The maximum absolute atomic E-state index is 15.6. The number of pyridine rings is 1. The third-order valence-electron chi connectivity index (χ3n) is 6.95. The minimum Gasteiger partial charge on any atom is -0.478 e. The third-order valence-corrected chi connectivity index (χ3v) is 6.95. The van der Waals surface area contributed by atoms with Gasteiger partial charge in [0.25, 0.3) is 0 Å². The molecular formula is C33H30FN5O2. The molecule has 8 heteroatoms. The third kappa shape index (κ3) is 5.72. The number of aliphatic imine (C=N–C) groups is 1. The Morgan fingerprint density at radius 2 is 1.66 bits per heavy atom. The van der Waals surface area contributed by atoms with Gasteiger partial charge in [0.05, 0.1) is 11.1 Å². The number of rotatable bonds is 9. The first-order valence-electron chi connectivity index (χ1n) is 13.1. The molecule has 41 heavy (non-hydrogen) atoms. The summed E-state index contributed by atoms with van der Waals surface area (Å²) in [6, 6.07) is 26.5. The van der Waals surface area contributed by atoms with Crippen molar-refractivity contribution in [3.05, 3.63) is 132 Å². The Morgan fingerprint density at radius 1 is 1.02 bits per heavy atom. The van der Waals surface area contributed by atoms with E-state index in [9.17, 15) is 9.90 Å². The highest BCUT2D eigenvalue weighted by atomic mass is 19.1. The van der Waals surface area contributed by atoms with E-state index in [0.29, 0.717) is 52.5 Å². The van der Waals surface area contributed by atoms with Gasteiger partial charge in [-0.25, -0.2) is 14.2 Å². The van der Waals surface area contributed by atoms with Crippen molar-refractivity contribution in [3.63, 3.8) is 0 Å². The SMILES string of the molecule is C=CN(C)C(=NC)c1ccc(-c2cc3c(C(=O)O)cnc(N(Cc4ccccc4)Cc4ccccc4)c3[nH]2)c(F)c1. The molecule has 2 N–H and O–H groups in total. The first kappa shape index (κ1) is 27.3. The van der Waals surface area contributed by atoms with Crippen molar-refractivity contribution in [2.45, 2.75) is 13.1 Å². The van der Waals surface area contributed by atoms with Crippen molar-refractivity contribution in [3.8, 4) is 11.3 Å². The summed E-state index contributed by atoms with van der Waals surface area (Å²) in [5, 5.41) is 10.4. The van der Waals surface area contributed by atoms with E-state index in [4.69, 9.17) is 0 Å². The Bertz CT molecular complexity index is 1690. The molecule has 5 aromatic rings. The second-order valence-electron chi connectivity index (χ2n) is 9.63. The van der Waals surface area contributed by atoms with E-state index in [1.165, 1.54) is 12.3 Å². The van der Waals surface area contributed by atoms with E-state index in [2.05, 4.69) is 26.4 Å². The summed E-state index contributed by atoms with van der Waals surface area (Å²) in [5.41, 5.74) is 4.07. The van der Waals surface area contributed by atoms with Crippen LogP contribution in [-0.2, 0) is 13.1 Å². The number of aromatic amines is 1. The number of carboxylic acids is 1. The van der Waals surface area contributed by atoms with Gasteiger partial charge in [0.2, 0.25) is 0 Å². The average molecular weight is 548 g/mol. The van der Waals surface area contributed by atoms with E-state index in [1.807, 2.05) is 60.7 Å². The molecule has 5 rings (SSSR count). The number of aromatic carboxylic acids is 1. The monoisotopic (exact) mass is 547 g/mol. The fourth-order valence-electron chi connectivity index (χ4n) is 4.92. The van der Waals surface area contributed by atoms with Crippen molar-refractivity contribution >= 4 is 28.5 Å². The molecule has 0 spiro atoms. The largest absolute Gasteiger partial charge is 0.478 e. The van der Waals surface area contributed by atoms with Crippen molar-refractivity contribution < 1.29 is 14.3 Å². The van der Waals surface area contributed by atoms with Gasteiger partial charge in [-0.2, -0.15) is 0 Å². The second kappa shape index (κ2) is 11.9. The van der Waals surface area contributed by atoms with E-state index in [-0.39, 0.29) is 5.56 Å². The molecule has 0 bridgehead atoms. The Balaban J connectivity index is 1.63. The molecule has 0 amide bonds. The lowest BCUT2D eigenvalue weighted by Gasteiger charge is -2.25. The van der Waals surface area contributed by atoms with Crippen LogP contribution in [-0.4, -0.2) is 45.9 Å². The number of H-pyrrole nitrogens is 1. The van der Waals surface area contributed by atoms with E-state index >= 15 is 4.39 Å². The van der Waals surface area contributed by atoms with Crippen LogP contribution in [0.25, 0.3) is 22.2 Å². The van der Waals surface area contributed by atoms with E-state index in [0.717, 1.165) is 11.1 Å². The second-order valence-corrected chi connectivity index (χ2v) is 9.63. The van der Waals surface area contributed by atoms with Crippen LogP contribution in [0.3, 0.4) is 0 Å². The molecule has 0 fully saturated rings. The molecule has 0 radical (unpaired) electrons. The summed E-state index contributed by atoms with van der Waals surface area (Å²) < 4.78 is 15.6. The van der Waals surface area contributed by atoms with Gasteiger partial charge in [0, 0.05) is 55.6 Å². The van der Waals surface area contributed by atoms with Crippen molar-refractivity contribution in [1.29, 1.82) is 0 Å². The number of fused-ring (bicyclic) bond motifs is 1. The molecule has 0 saturated carbocycles. The molecule has 0 aliphatic rings. The zero-order chi connectivity index (χ0) is 28.9. The summed E-state index contributed by atoms with van der Waals surface area (Å²) >= 11 is 0. The lowest BCUT2D eigenvalue weighted by atomic mass is 10.1. The van der Waals surface area contributed by atoms with Gasteiger partial charge in [-0.1, -0.05) is 73.3 Å². The molecule has 3 aromatic carbocycles. The molecule has 0 saturated heterocycles. The van der Waals surface area contributed by atoms with Crippen LogP contribution >= 0.6 is 0 Å². The van der Waals surface area contributed by atoms with Crippen LogP contribution in [0.1, 0.15) is 27.0 Å². The Morgan fingerprint density at radius 3 is 2.20 bits per heavy atom. The average Bonchev–Trinajstić information content (AvgIpc) is 3.42. The van der Waals surface area contributed by atoms with Gasteiger partial charge < -0.3 is 19.9 Å². The molecular weight excluding hydrogens is 517 g/mol. The molecule has 0 atom stereocenters. The van der Waals surface area contributed by atoms with Crippen LogP contribution in [0.15, 0.2) is 109 Å². The van der Waals surface area contributed by atoms with Crippen LogP contribution < -0.4 is 4.90 Å². The molecule has 0 aliphatic heterocycles. The summed E-state index contributed by atoms with van der Waals surface area (Å²) in [7, 11) is 3.43. The summed E-state index contributed by atoms with van der Waals surface area (Å²) in [5.74, 6) is -0.429. The Hall–Kier alpha value is -5.24. The van der Waals surface area contributed by atoms with Crippen molar-refractivity contribution in [1.82, 2.24) is 14.9 Å². The Kier molecular flexibility index (Phi) is 7.92. The fourth-order valence-corrected chi connectivity index (χ4v) is 4.92. The number of hydrogen-bond donors (Lipinski definition) is 2. The summed E-state index contributed by atoms with van der Waals surface area (Å²) in [6.45, 7) is 4.83. The number of halogens is 1. The first-order valence-corrected chi connectivity index (χ1v) is 13.1. The fraction of sp³-hybridized carbons (Fsp3) is 0.121. The molecule has 2 aromatic heterocycles. The van der Waals surface area contributed by atoms with E-state index in [1.54, 1.807) is 43.4 Å². The summed E-state index contributed by atoms with van der Waals surface area (Å²) in [4.78, 5) is 28.1. The number of benzene rings is 3. The van der Waals surface area contributed by atoms with Gasteiger partial charge >= 0.3 is 5.97 Å². The van der Waals surface area contributed by atoms with Crippen LogP contribution in [0.4, 0.5) is 10.2 Å². The summed E-state index contributed by atoms with van der Waals surface area (Å²) in [6.07, 6.45) is 2.97. The zero-order valence-corrected chi connectivity index (χ0v) is 22.9. The van der Waals surface area contributed by atoms with Gasteiger partial charge in [0.1, 0.15) is 11.7 Å². The first-order chi connectivity index (χ1) is 19.9. The predicted molar refractivity (Wildman–Crippen MR) is 162 cm³/mol. The maximum Gasteiger partial charge on any atom is 0.337 e.